The summed E-state index contributed by atoms with van der Waals surface area (Å²) in [5.74, 6) is 0.161. The molecule has 0 fully saturated rings. The lowest BCUT2D eigenvalue weighted by molar-refractivity contribution is 0.647. The minimum atomic E-state index is -0.213. The van der Waals surface area contributed by atoms with E-state index in [0.29, 0.717) is 0 Å². The number of hydrogen-bond acceptors (Lipinski definition) is 2. The molecule has 77 heavy (non-hydrogen) atoms. The number of hydrogen-bond donors (Lipinski definition) is 0. The van der Waals surface area contributed by atoms with E-state index in [2.05, 4.69) is 243 Å². The van der Waals surface area contributed by atoms with Crippen LogP contribution in [0.15, 0.2) is 197 Å². The molecule has 2 heteroatoms. The third-order valence-corrected chi connectivity index (χ3v) is 19.6. The van der Waals surface area contributed by atoms with Crippen molar-refractivity contribution in [3.8, 4) is 55.6 Å². The highest BCUT2D eigenvalue weighted by molar-refractivity contribution is 6.16. The van der Waals surface area contributed by atoms with Crippen molar-refractivity contribution in [3.05, 3.63) is 249 Å². The highest BCUT2D eigenvalue weighted by Gasteiger charge is 2.45. The summed E-state index contributed by atoms with van der Waals surface area (Å²) in [6.45, 7) is 19.4. The van der Waals surface area contributed by atoms with Crippen molar-refractivity contribution in [2.45, 2.75) is 95.8 Å². The SMILES string of the molecule is CC1(C)c2cc(CCC(c3ccc4c(c3)C(C)(C)c3cc5c(cc3-4)C(C)(C)c3ccc4oc6ccccc6c4c3-5)c3ccccc3-c3ccccc3)ccc2-c2cc3c(cc21)-c1c(ccc2oc4ccccc4c12)C3(C)C. The number of aryl methyl sites for hydroxylation is 1. The molecule has 0 N–H and O–H groups in total. The summed E-state index contributed by atoms with van der Waals surface area (Å²) in [7, 11) is 0. The molecule has 16 rings (SSSR count). The smallest absolute Gasteiger partial charge is 0.136 e. The van der Waals surface area contributed by atoms with Crippen LogP contribution >= 0.6 is 0 Å². The van der Waals surface area contributed by atoms with Gasteiger partial charge in [0.25, 0.3) is 0 Å². The van der Waals surface area contributed by atoms with Crippen molar-refractivity contribution in [1.82, 2.24) is 0 Å². The summed E-state index contributed by atoms with van der Waals surface area (Å²) in [5.41, 5.74) is 31.9. The Balaban J connectivity index is 0.784. The van der Waals surface area contributed by atoms with Gasteiger partial charge in [0.05, 0.1) is 0 Å². The Morgan fingerprint density at radius 3 is 1.38 bits per heavy atom. The molecule has 2 aromatic heterocycles. The van der Waals surface area contributed by atoms with E-state index in [-0.39, 0.29) is 27.6 Å². The lowest BCUT2D eigenvalue weighted by atomic mass is 9.77. The molecule has 12 aromatic rings. The van der Waals surface area contributed by atoms with Crippen molar-refractivity contribution < 1.29 is 8.83 Å². The van der Waals surface area contributed by atoms with Gasteiger partial charge in [0.15, 0.2) is 0 Å². The molecule has 10 aromatic carbocycles. The Morgan fingerprint density at radius 2 is 0.792 bits per heavy atom. The van der Waals surface area contributed by atoms with Crippen LogP contribution in [0.25, 0.3) is 99.5 Å². The minimum Gasteiger partial charge on any atom is -0.456 e. The van der Waals surface area contributed by atoms with Crippen LogP contribution in [0.2, 0.25) is 0 Å². The number of benzene rings is 10. The Hall–Kier alpha value is -8.20. The number of rotatable bonds is 6. The zero-order valence-electron chi connectivity index (χ0n) is 45.2. The Kier molecular flexibility index (Phi) is 8.93. The van der Waals surface area contributed by atoms with Crippen molar-refractivity contribution in [2.24, 2.45) is 0 Å². The van der Waals surface area contributed by atoms with Gasteiger partial charge in [0.2, 0.25) is 0 Å². The van der Waals surface area contributed by atoms with E-state index in [4.69, 9.17) is 8.83 Å². The number of para-hydroxylation sites is 2. The first-order chi connectivity index (χ1) is 37.2. The fourth-order valence-corrected chi connectivity index (χ4v) is 15.5. The fourth-order valence-electron chi connectivity index (χ4n) is 15.5. The van der Waals surface area contributed by atoms with E-state index in [0.717, 1.165) is 35.2 Å². The lowest BCUT2D eigenvalue weighted by Crippen LogP contribution is -2.17. The zero-order chi connectivity index (χ0) is 52.1. The molecule has 1 atom stereocenters. The van der Waals surface area contributed by atoms with Gasteiger partial charge in [-0.25, -0.2) is 0 Å². The molecule has 372 valence electrons. The van der Waals surface area contributed by atoms with Gasteiger partial charge >= 0.3 is 0 Å². The third kappa shape index (κ3) is 5.97. The summed E-state index contributed by atoms with van der Waals surface area (Å²) in [5, 5.41) is 4.86. The second-order valence-electron chi connectivity index (χ2n) is 25.0. The quantitative estimate of drug-likeness (QED) is 0.166. The van der Waals surface area contributed by atoms with Crippen molar-refractivity contribution in [1.29, 1.82) is 0 Å². The van der Waals surface area contributed by atoms with E-state index in [1.54, 1.807) is 0 Å². The largest absolute Gasteiger partial charge is 0.456 e. The van der Waals surface area contributed by atoms with Gasteiger partial charge in [-0.1, -0.05) is 195 Å². The molecule has 0 radical (unpaired) electrons. The second-order valence-corrected chi connectivity index (χ2v) is 25.0. The average molecular weight is 993 g/mol. The summed E-state index contributed by atoms with van der Waals surface area (Å²) < 4.78 is 13.0. The van der Waals surface area contributed by atoms with Gasteiger partial charge in [-0.15, -0.1) is 0 Å². The topological polar surface area (TPSA) is 26.3 Å². The molecule has 0 aliphatic heterocycles. The van der Waals surface area contributed by atoms with Gasteiger partial charge < -0.3 is 8.83 Å². The molecular formula is C75H60O2. The first-order valence-electron chi connectivity index (χ1n) is 27.9. The predicted molar refractivity (Wildman–Crippen MR) is 320 cm³/mol. The normalized spacial score (nSPS) is 16.5. The Morgan fingerprint density at radius 1 is 0.338 bits per heavy atom. The molecule has 4 aliphatic carbocycles. The standard InChI is InChI=1S/C75H60O2/c1-72(2)56-32-34-66-70(50-22-14-16-24-64(50)76-66)68(56)54-40-60-52(38-62(54)72)48-30-27-42(36-58(48)74(60,5)6)26-29-46(47-21-13-12-20-45(47)43-18-10-9-11-19-43)44-28-31-49-53-39-63-55(41-61(53)75(7,8)59(49)37-44)69-57(73(63,3)4)33-35-67-71(69)51-23-15-17-25-65(51)77-67/h9-25,27-28,30-41,46H,26,29H2,1-8H3. The average Bonchev–Trinajstić information content (AvgIpc) is 4.42. The van der Waals surface area contributed by atoms with Crippen LogP contribution in [0.1, 0.15) is 129 Å². The molecule has 4 aliphatic rings. The van der Waals surface area contributed by atoms with E-state index in [1.807, 2.05) is 0 Å². The second kappa shape index (κ2) is 15.3. The summed E-state index contributed by atoms with van der Waals surface area (Å²) in [4.78, 5) is 0. The van der Waals surface area contributed by atoms with E-state index in [1.165, 1.54) is 138 Å². The molecule has 2 heterocycles. The van der Waals surface area contributed by atoms with Crippen LogP contribution in [-0.2, 0) is 28.1 Å². The van der Waals surface area contributed by atoms with Gasteiger partial charge in [-0.05, 0) is 178 Å². The van der Waals surface area contributed by atoms with E-state index in [9.17, 15) is 0 Å². The molecule has 0 bridgehead atoms. The summed E-state index contributed by atoms with van der Waals surface area (Å²) in [6, 6.07) is 71.4. The number of fused-ring (bicyclic) bond motifs is 20. The van der Waals surface area contributed by atoms with Gasteiger partial charge in [-0.2, -0.15) is 0 Å². The van der Waals surface area contributed by atoms with Crippen molar-refractivity contribution in [2.75, 3.05) is 0 Å². The van der Waals surface area contributed by atoms with Crippen LogP contribution in [0.5, 0.6) is 0 Å². The molecular weight excluding hydrogens is 933 g/mol. The maximum absolute atomic E-state index is 6.49. The first kappa shape index (κ1) is 45.0. The van der Waals surface area contributed by atoms with Gasteiger partial charge in [0, 0.05) is 49.1 Å². The highest BCUT2D eigenvalue weighted by atomic mass is 16.3. The molecule has 0 saturated carbocycles. The zero-order valence-corrected chi connectivity index (χ0v) is 45.2. The lowest BCUT2D eigenvalue weighted by Gasteiger charge is -2.26. The summed E-state index contributed by atoms with van der Waals surface area (Å²) >= 11 is 0. The van der Waals surface area contributed by atoms with Gasteiger partial charge in [0.1, 0.15) is 22.3 Å². The monoisotopic (exact) mass is 992 g/mol. The van der Waals surface area contributed by atoms with Gasteiger partial charge in [-0.3, -0.25) is 0 Å². The maximum Gasteiger partial charge on any atom is 0.136 e. The van der Waals surface area contributed by atoms with Crippen LogP contribution in [-0.4, -0.2) is 0 Å². The van der Waals surface area contributed by atoms with Crippen LogP contribution in [0, 0.1) is 0 Å². The number of furan rings is 2. The predicted octanol–water partition coefficient (Wildman–Crippen LogP) is 20.1. The fraction of sp³-hybridized carbons (Fsp3) is 0.200. The molecule has 1 unspecified atom stereocenters. The first-order valence-corrected chi connectivity index (χ1v) is 27.9. The van der Waals surface area contributed by atoms with E-state index < -0.39 is 0 Å². The van der Waals surface area contributed by atoms with E-state index >= 15 is 0 Å². The summed E-state index contributed by atoms with van der Waals surface area (Å²) in [6.07, 6.45) is 1.93. The highest BCUT2D eigenvalue weighted by Crippen LogP contribution is 2.61. The Bertz CT molecular complexity index is 4560. The third-order valence-electron chi connectivity index (χ3n) is 19.6. The molecule has 0 spiro atoms. The van der Waals surface area contributed by atoms with Crippen molar-refractivity contribution >= 4 is 43.9 Å². The molecule has 2 nitrogen and oxygen atoms in total. The molecule has 0 amide bonds. The van der Waals surface area contributed by atoms with Crippen LogP contribution in [0.4, 0.5) is 0 Å². The van der Waals surface area contributed by atoms with Crippen LogP contribution < -0.4 is 0 Å². The molecule has 0 saturated heterocycles. The van der Waals surface area contributed by atoms with Crippen molar-refractivity contribution in [3.63, 3.8) is 0 Å². The minimum absolute atomic E-state index is 0.147. The maximum atomic E-state index is 6.49. The Labute approximate surface area is 451 Å². The van der Waals surface area contributed by atoms with Crippen LogP contribution in [0.3, 0.4) is 0 Å².